The zero-order valence-corrected chi connectivity index (χ0v) is 19.7. The SMILES string of the molecule is CCOC(=O)C(Cc1ccccc1CP(=O)(OCC)OCC)(NC(C)=O)C(=O)OCC. The van der Waals surface area contributed by atoms with Gasteiger partial charge in [-0.15, -0.1) is 0 Å². The summed E-state index contributed by atoms with van der Waals surface area (Å²) < 4.78 is 34.0. The van der Waals surface area contributed by atoms with E-state index in [9.17, 15) is 18.9 Å². The van der Waals surface area contributed by atoms with E-state index < -0.39 is 31.0 Å². The first kappa shape index (κ1) is 26.8. The van der Waals surface area contributed by atoms with E-state index >= 15 is 0 Å². The first-order chi connectivity index (χ1) is 14.7. The van der Waals surface area contributed by atoms with Gasteiger partial charge < -0.3 is 23.8 Å². The molecule has 31 heavy (non-hydrogen) atoms. The van der Waals surface area contributed by atoms with Crippen LogP contribution in [0.1, 0.15) is 45.7 Å². The molecule has 1 amide bonds. The van der Waals surface area contributed by atoms with Gasteiger partial charge in [-0.3, -0.25) is 9.36 Å². The molecule has 0 aliphatic rings. The van der Waals surface area contributed by atoms with E-state index in [0.717, 1.165) is 0 Å². The zero-order valence-electron chi connectivity index (χ0n) is 18.8. The molecule has 1 N–H and O–H groups in total. The molecule has 0 radical (unpaired) electrons. The van der Waals surface area contributed by atoms with Crippen LogP contribution in [-0.4, -0.2) is 49.8 Å². The Balaban J connectivity index is 3.49. The van der Waals surface area contributed by atoms with Crippen LogP contribution in [0.2, 0.25) is 0 Å². The van der Waals surface area contributed by atoms with Crippen LogP contribution in [0.4, 0.5) is 0 Å². The van der Waals surface area contributed by atoms with Crippen LogP contribution in [-0.2, 0) is 50.1 Å². The molecule has 0 saturated heterocycles. The number of hydrogen-bond donors (Lipinski definition) is 1. The Morgan fingerprint density at radius 2 is 1.35 bits per heavy atom. The number of rotatable bonds is 13. The van der Waals surface area contributed by atoms with Crippen molar-refractivity contribution in [3.63, 3.8) is 0 Å². The van der Waals surface area contributed by atoms with Gasteiger partial charge in [0.15, 0.2) is 0 Å². The summed E-state index contributed by atoms with van der Waals surface area (Å²) >= 11 is 0. The number of nitrogens with one attached hydrogen (secondary N) is 1. The number of amides is 1. The molecule has 0 spiro atoms. The van der Waals surface area contributed by atoms with Crippen molar-refractivity contribution in [1.82, 2.24) is 5.32 Å². The third-order valence-corrected chi connectivity index (χ3v) is 6.26. The maximum atomic E-state index is 13.1. The molecular weight excluding hydrogens is 425 g/mol. The van der Waals surface area contributed by atoms with E-state index in [1.54, 1.807) is 52.0 Å². The van der Waals surface area contributed by atoms with Crippen molar-refractivity contribution >= 4 is 25.4 Å². The molecule has 0 aliphatic carbocycles. The molecule has 0 heterocycles. The fourth-order valence-corrected chi connectivity index (χ4v) is 4.85. The van der Waals surface area contributed by atoms with Crippen LogP contribution in [0.3, 0.4) is 0 Å². The van der Waals surface area contributed by atoms with Crippen molar-refractivity contribution in [2.75, 3.05) is 26.4 Å². The summed E-state index contributed by atoms with van der Waals surface area (Å²) in [4.78, 5) is 37.7. The lowest BCUT2D eigenvalue weighted by Crippen LogP contribution is -2.62. The minimum atomic E-state index is -3.45. The van der Waals surface area contributed by atoms with Gasteiger partial charge in [-0.05, 0) is 38.8 Å². The van der Waals surface area contributed by atoms with E-state index in [4.69, 9.17) is 18.5 Å². The summed E-state index contributed by atoms with van der Waals surface area (Å²) in [5, 5.41) is 2.43. The highest BCUT2D eigenvalue weighted by molar-refractivity contribution is 7.53. The second-order valence-corrected chi connectivity index (χ2v) is 8.63. The highest BCUT2D eigenvalue weighted by Gasteiger charge is 2.50. The second-order valence-electron chi connectivity index (χ2n) is 6.58. The van der Waals surface area contributed by atoms with Crippen molar-refractivity contribution in [1.29, 1.82) is 0 Å². The molecule has 174 valence electrons. The third-order valence-electron chi connectivity index (χ3n) is 4.23. The van der Waals surface area contributed by atoms with Crippen LogP contribution in [0.25, 0.3) is 0 Å². The van der Waals surface area contributed by atoms with Gasteiger partial charge in [0, 0.05) is 13.3 Å². The zero-order chi connectivity index (χ0) is 23.5. The molecule has 10 heteroatoms. The van der Waals surface area contributed by atoms with Gasteiger partial charge in [-0.1, -0.05) is 24.3 Å². The van der Waals surface area contributed by atoms with Gasteiger partial charge in [0.25, 0.3) is 0 Å². The highest BCUT2D eigenvalue weighted by atomic mass is 31.2. The molecule has 1 rings (SSSR count). The van der Waals surface area contributed by atoms with Crippen molar-refractivity contribution in [2.45, 2.75) is 52.7 Å². The van der Waals surface area contributed by atoms with Crippen molar-refractivity contribution in [2.24, 2.45) is 0 Å². The molecule has 0 fully saturated rings. The number of hydrogen-bond acceptors (Lipinski definition) is 8. The van der Waals surface area contributed by atoms with Gasteiger partial charge in [0.05, 0.1) is 32.6 Å². The van der Waals surface area contributed by atoms with E-state index in [0.29, 0.717) is 11.1 Å². The second kappa shape index (κ2) is 12.6. The topological polar surface area (TPSA) is 117 Å². The molecule has 0 aromatic heterocycles. The molecule has 0 bridgehead atoms. The minimum Gasteiger partial charge on any atom is -0.464 e. The molecule has 0 unspecified atom stereocenters. The quantitative estimate of drug-likeness (QED) is 0.273. The Kier molecular flexibility index (Phi) is 10.9. The summed E-state index contributed by atoms with van der Waals surface area (Å²) in [6, 6.07) is 6.82. The normalized spacial score (nSPS) is 11.6. The summed E-state index contributed by atoms with van der Waals surface area (Å²) in [5.41, 5.74) is -1.04. The lowest BCUT2D eigenvalue weighted by atomic mass is 9.88. The Bertz CT molecular complexity index is 782. The molecule has 0 saturated carbocycles. The summed E-state index contributed by atoms with van der Waals surface area (Å²) in [6.45, 7) is 8.20. The predicted molar refractivity (Wildman–Crippen MR) is 115 cm³/mol. The summed E-state index contributed by atoms with van der Waals surface area (Å²) in [7, 11) is -3.45. The number of benzene rings is 1. The Hall–Kier alpha value is -2.22. The summed E-state index contributed by atoms with van der Waals surface area (Å²) in [6.07, 6.45) is -0.314. The van der Waals surface area contributed by atoms with Crippen molar-refractivity contribution < 1.29 is 37.5 Å². The Labute approximate surface area is 183 Å². The number of esters is 2. The van der Waals surface area contributed by atoms with Crippen LogP contribution < -0.4 is 5.32 Å². The Morgan fingerprint density at radius 1 is 0.871 bits per heavy atom. The maximum Gasteiger partial charge on any atom is 0.344 e. The first-order valence-electron chi connectivity index (χ1n) is 10.3. The third kappa shape index (κ3) is 7.45. The van der Waals surface area contributed by atoms with Crippen LogP contribution in [0.5, 0.6) is 0 Å². The molecule has 0 atom stereocenters. The first-order valence-corrected chi connectivity index (χ1v) is 12.0. The van der Waals surface area contributed by atoms with E-state index in [2.05, 4.69) is 5.32 Å². The van der Waals surface area contributed by atoms with Crippen LogP contribution in [0.15, 0.2) is 24.3 Å². The molecule has 9 nitrogen and oxygen atoms in total. The van der Waals surface area contributed by atoms with E-state index in [1.165, 1.54) is 6.92 Å². The molecule has 1 aromatic carbocycles. The van der Waals surface area contributed by atoms with Gasteiger partial charge in [0.1, 0.15) is 0 Å². The molecular formula is C21H32NO8P. The van der Waals surface area contributed by atoms with Gasteiger partial charge in [-0.25, -0.2) is 9.59 Å². The lowest BCUT2D eigenvalue weighted by molar-refractivity contribution is -0.168. The van der Waals surface area contributed by atoms with E-state index in [-0.39, 0.29) is 39.0 Å². The molecule has 1 aromatic rings. The summed E-state index contributed by atoms with van der Waals surface area (Å²) in [5.74, 6) is -2.47. The number of ether oxygens (including phenoxy) is 2. The number of carbonyl (C=O) groups is 3. The van der Waals surface area contributed by atoms with Gasteiger partial charge in [-0.2, -0.15) is 0 Å². The van der Waals surface area contributed by atoms with Crippen LogP contribution in [0, 0.1) is 0 Å². The van der Waals surface area contributed by atoms with Crippen molar-refractivity contribution in [3.05, 3.63) is 35.4 Å². The molecule has 0 aliphatic heterocycles. The highest BCUT2D eigenvalue weighted by Crippen LogP contribution is 2.51. The van der Waals surface area contributed by atoms with Crippen LogP contribution >= 0.6 is 7.60 Å². The largest absolute Gasteiger partial charge is 0.464 e. The monoisotopic (exact) mass is 457 g/mol. The maximum absolute atomic E-state index is 13.1. The fraction of sp³-hybridized carbons (Fsp3) is 0.571. The fourth-order valence-electron chi connectivity index (χ4n) is 3.08. The van der Waals surface area contributed by atoms with Gasteiger partial charge in [0.2, 0.25) is 11.4 Å². The van der Waals surface area contributed by atoms with Crippen molar-refractivity contribution in [3.8, 4) is 0 Å². The van der Waals surface area contributed by atoms with Gasteiger partial charge >= 0.3 is 19.5 Å². The Morgan fingerprint density at radius 3 is 1.77 bits per heavy atom. The standard InChI is InChI=1S/C21H32NO8P/c1-6-27-19(24)21(22-16(5)23,20(25)28-7-2)14-17-12-10-11-13-18(17)15-31(26,29-8-3)30-9-4/h10-13H,6-9,14-15H2,1-5H3,(H,22,23). The smallest absolute Gasteiger partial charge is 0.344 e. The minimum absolute atomic E-state index is 0.00506. The average molecular weight is 457 g/mol. The van der Waals surface area contributed by atoms with E-state index in [1.807, 2.05) is 0 Å². The number of carbonyl (C=O) groups excluding carboxylic acids is 3. The lowest BCUT2D eigenvalue weighted by Gasteiger charge is -2.30. The average Bonchev–Trinajstić information content (AvgIpc) is 2.69. The predicted octanol–water partition coefficient (Wildman–Crippen LogP) is 3.00.